The fourth-order valence-corrected chi connectivity index (χ4v) is 2.10. The number of carbonyl (C=O) groups is 3. The Balaban J connectivity index is 1.85. The Morgan fingerprint density at radius 1 is 1.23 bits per heavy atom. The number of nitrogens with one attached hydrogen (secondary N) is 2. The van der Waals surface area contributed by atoms with Gasteiger partial charge in [-0.2, -0.15) is 0 Å². The van der Waals surface area contributed by atoms with Crippen molar-refractivity contribution in [1.82, 2.24) is 5.32 Å². The van der Waals surface area contributed by atoms with E-state index >= 15 is 0 Å². The zero-order chi connectivity index (χ0) is 15.9. The third-order valence-electron chi connectivity index (χ3n) is 3.26. The third kappa shape index (κ3) is 4.56. The fraction of sp³-hybridized carbons (Fsp3) is 0.400. The number of carboxylic acids is 1. The zero-order valence-corrected chi connectivity index (χ0v) is 12.0. The minimum atomic E-state index is -0.965. The van der Waals surface area contributed by atoms with Gasteiger partial charge in [-0.3, -0.25) is 14.4 Å². The molecule has 1 saturated heterocycles. The molecule has 2 rings (SSSR count). The van der Waals surface area contributed by atoms with Gasteiger partial charge >= 0.3 is 5.97 Å². The van der Waals surface area contributed by atoms with Gasteiger partial charge in [-0.1, -0.05) is 0 Å². The molecule has 1 aliphatic heterocycles. The lowest BCUT2D eigenvalue weighted by Gasteiger charge is -2.10. The van der Waals surface area contributed by atoms with Crippen LogP contribution in [0.2, 0.25) is 0 Å². The number of hydrogen-bond donors (Lipinski definition) is 3. The maximum absolute atomic E-state index is 11.9. The van der Waals surface area contributed by atoms with Crippen molar-refractivity contribution in [3.05, 3.63) is 29.8 Å². The molecule has 0 bridgehead atoms. The molecule has 3 N–H and O–H groups in total. The summed E-state index contributed by atoms with van der Waals surface area (Å²) in [5.74, 6) is -1.50. The van der Waals surface area contributed by atoms with Crippen LogP contribution in [0.1, 0.15) is 29.6 Å². The Morgan fingerprint density at radius 3 is 2.55 bits per heavy atom. The molecule has 2 amide bonds. The third-order valence-corrected chi connectivity index (χ3v) is 3.26. The lowest BCUT2D eigenvalue weighted by molar-refractivity contribution is -0.136. The molecule has 22 heavy (non-hydrogen) atoms. The Bertz CT molecular complexity index is 550. The van der Waals surface area contributed by atoms with E-state index < -0.39 is 12.1 Å². The number of carbonyl (C=O) groups excluding carboxylic acids is 2. The summed E-state index contributed by atoms with van der Waals surface area (Å²) in [5.41, 5.74) is 0.989. The van der Waals surface area contributed by atoms with E-state index in [1.54, 1.807) is 24.3 Å². The van der Waals surface area contributed by atoms with E-state index in [0.717, 1.165) is 12.8 Å². The summed E-state index contributed by atoms with van der Waals surface area (Å²) >= 11 is 0. The smallest absolute Gasteiger partial charge is 0.305 e. The van der Waals surface area contributed by atoms with Crippen molar-refractivity contribution in [3.8, 4) is 0 Å². The van der Waals surface area contributed by atoms with Gasteiger partial charge in [-0.25, -0.2) is 0 Å². The standard InChI is InChI=1S/C15H18N2O5/c18-13(19)7-8-16-14(20)10-3-5-11(6-4-10)17-15(21)12-2-1-9-22-12/h3-6,12H,1-2,7-9H2,(H,16,20)(H,17,21)(H,18,19). The summed E-state index contributed by atoms with van der Waals surface area (Å²) in [6.07, 6.45) is 1.07. The van der Waals surface area contributed by atoms with Crippen LogP contribution in [0.25, 0.3) is 0 Å². The average Bonchev–Trinajstić information content (AvgIpc) is 3.02. The molecule has 1 atom stereocenters. The number of rotatable bonds is 6. The minimum absolute atomic E-state index is 0.0751. The average molecular weight is 306 g/mol. The van der Waals surface area contributed by atoms with Gasteiger partial charge in [0.15, 0.2) is 0 Å². The molecule has 7 heteroatoms. The molecule has 1 heterocycles. The van der Waals surface area contributed by atoms with Crippen molar-refractivity contribution in [2.24, 2.45) is 0 Å². The molecule has 7 nitrogen and oxygen atoms in total. The minimum Gasteiger partial charge on any atom is -0.481 e. The van der Waals surface area contributed by atoms with Crippen LogP contribution in [0, 0.1) is 0 Å². The van der Waals surface area contributed by atoms with Crippen LogP contribution < -0.4 is 10.6 Å². The molecule has 1 aromatic carbocycles. The maximum Gasteiger partial charge on any atom is 0.305 e. The Labute approximate surface area is 127 Å². The van der Waals surface area contributed by atoms with Crippen molar-refractivity contribution in [1.29, 1.82) is 0 Å². The largest absolute Gasteiger partial charge is 0.481 e. The predicted octanol–water partition coefficient (Wildman–Crippen LogP) is 1.01. The van der Waals surface area contributed by atoms with Gasteiger partial charge in [0.05, 0.1) is 6.42 Å². The first-order valence-corrected chi connectivity index (χ1v) is 7.09. The first-order valence-electron chi connectivity index (χ1n) is 7.09. The van der Waals surface area contributed by atoms with E-state index in [2.05, 4.69) is 10.6 Å². The summed E-state index contributed by atoms with van der Waals surface area (Å²) in [6, 6.07) is 6.39. The molecule has 0 saturated carbocycles. The van der Waals surface area contributed by atoms with E-state index in [4.69, 9.17) is 9.84 Å². The van der Waals surface area contributed by atoms with Crippen molar-refractivity contribution >= 4 is 23.5 Å². The molecule has 118 valence electrons. The zero-order valence-electron chi connectivity index (χ0n) is 12.0. The highest BCUT2D eigenvalue weighted by Gasteiger charge is 2.23. The highest BCUT2D eigenvalue weighted by Crippen LogP contribution is 2.15. The van der Waals surface area contributed by atoms with E-state index in [1.165, 1.54) is 0 Å². The highest BCUT2D eigenvalue weighted by molar-refractivity contribution is 5.97. The summed E-state index contributed by atoms with van der Waals surface area (Å²) in [6.45, 7) is 0.680. The van der Waals surface area contributed by atoms with Crippen LogP contribution in [0.5, 0.6) is 0 Å². The molecule has 0 aliphatic carbocycles. The van der Waals surface area contributed by atoms with Crippen LogP contribution >= 0.6 is 0 Å². The molecule has 1 fully saturated rings. The van der Waals surface area contributed by atoms with Gasteiger partial charge in [-0.05, 0) is 37.1 Å². The van der Waals surface area contributed by atoms with Crippen LogP contribution in [-0.4, -0.2) is 42.1 Å². The molecular formula is C15H18N2O5. The topological polar surface area (TPSA) is 105 Å². The van der Waals surface area contributed by atoms with Crippen molar-refractivity contribution in [2.75, 3.05) is 18.5 Å². The fourth-order valence-electron chi connectivity index (χ4n) is 2.10. The Morgan fingerprint density at radius 2 is 1.95 bits per heavy atom. The second-order valence-electron chi connectivity index (χ2n) is 4.97. The van der Waals surface area contributed by atoms with Gasteiger partial charge in [0, 0.05) is 24.4 Å². The highest BCUT2D eigenvalue weighted by atomic mass is 16.5. The van der Waals surface area contributed by atoms with E-state index in [9.17, 15) is 14.4 Å². The van der Waals surface area contributed by atoms with Gasteiger partial charge in [0.1, 0.15) is 6.10 Å². The van der Waals surface area contributed by atoms with Crippen molar-refractivity contribution in [2.45, 2.75) is 25.4 Å². The van der Waals surface area contributed by atoms with Crippen LogP contribution in [0.4, 0.5) is 5.69 Å². The SMILES string of the molecule is O=C(O)CCNC(=O)c1ccc(NC(=O)C2CCCO2)cc1. The summed E-state index contributed by atoms with van der Waals surface area (Å²) in [4.78, 5) is 34.0. The summed E-state index contributed by atoms with van der Waals surface area (Å²) < 4.78 is 5.29. The number of ether oxygens (including phenoxy) is 1. The Kier molecular flexibility index (Phi) is 5.48. The Hall–Kier alpha value is -2.41. The normalized spacial score (nSPS) is 17.0. The second kappa shape index (κ2) is 7.56. The second-order valence-corrected chi connectivity index (χ2v) is 4.97. The molecule has 0 aromatic heterocycles. The first kappa shape index (κ1) is 16.0. The first-order chi connectivity index (χ1) is 10.6. The van der Waals surface area contributed by atoms with Gasteiger partial charge < -0.3 is 20.5 Å². The summed E-state index contributed by atoms with van der Waals surface area (Å²) in [7, 11) is 0. The number of amides is 2. The van der Waals surface area contributed by atoms with E-state index in [-0.39, 0.29) is 24.8 Å². The number of aliphatic carboxylic acids is 1. The lowest BCUT2D eigenvalue weighted by Crippen LogP contribution is -2.27. The lowest BCUT2D eigenvalue weighted by atomic mass is 10.1. The molecule has 0 radical (unpaired) electrons. The van der Waals surface area contributed by atoms with Crippen molar-refractivity contribution < 1.29 is 24.2 Å². The predicted molar refractivity (Wildman–Crippen MR) is 78.6 cm³/mol. The van der Waals surface area contributed by atoms with Gasteiger partial charge in [0.25, 0.3) is 11.8 Å². The molecule has 1 unspecified atom stereocenters. The van der Waals surface area contributed by atoms with Crippen LogP contribution in [0.15, 0.2) is 24.3 Å². The molecule has 0 spiro atoms. The van der Waals surface area contributed by atoms with Gasteiger partial charge in [-0.15, -0.1) is 0 Å². The van der Waals surface area contributed by atoms with E-state index in [0.29, 0.717) is 17.9 Å². The molecule has 1 aliphatic rings. The monoisotopic (exact) mass is 306 g/mol. The molecule has 1 aromatic rings. The number of anilines is 1. The quantitative estimate of drug-likeness (QED) is 0.727. The number of hydrogen-bond acceptors (Lipinski definition) is 4. The van der Waals surface area contributed by atoms with Gasteiger partial charge in [0.2, 0.25) is 0 Å². The maximum atomic E-state index is 11.9. The summed E-state index contributed by atoms with van der Waals surface area (Å²) in [5, 5.41) is 13.7. The van der Waals surface area contributed by atoms with Crippen LogP contribution in [-0.2, 0) is 14.3 Å². The number of carboxylic acid groups (broad SMARTS) is 1. The molecular weight excluding hydrogens is 288 g/mol. The van der Waals surface area contributed by atoms with Crippen molar-refractivity contribution in [3.63, 3.8) is 0 Å². The van der Waals surface area contributed by atoms with Crippen LogP contribution in [0.3, 0.4) is 0 Å². The number of benzene rings is 1. The van der Waals surface area contributed by atoms with E-state index in [1.807, 2.05) is 0 Å².